The monoisotopic (exact) mass is 169 g/mol. The van der Waals surface area contributed by atoms with E-state index in [4.69, 9.17) is 0 Å². The van der Waals surface area contributed by atoms with Gasteiger partial charge in [0.05, 0.1) is 6.42 Å². The maximum absolute atomic E-state index is 11.6. The fourth-order valence-corrected chi connectivity index (χ4v) is 1.54. The van der Waals surface area contributed by atoms with Crippen molar-refractivity contribution in [3.05, 3.63) is 0 Å². The molecule has 5 heteroatoms. The van der Waals surface area contributed by atoms with Crippen molar-refractivity contribution < 1.29 is 13.2 Å². The number of hydrogen-bond donors (Lipinski definition) is 0. The first-order valence-electron chi connectivity index (χ1n) is 2.78. The number of nitrogens with zero attached hydrogens (tertiary/aromatic N) is 1. The number of halogens is 3. The summed E-state index contributed by atoms with van der Waals surface area (Å²) in [6.45, 7) is 0. The molecule has 58 valence electrons. The molecule has 0 saturated carbocycles. The van der Waals surface area contributed by atoms with E-state index in [1.807, 2.05) is 0 Å². The minimum atomic E-state index is -4.07. The van der Waals surface area contributed by atoms with E-state index in [2.05, 4.69) is 4.99 Å². The molecule has 1 heterocycles. The Morgan fingerprint density at radius 1 is 1.60 bits per heavy atom. The molecule has 1 unspecified atom stereocenters. The van der Waals surface area contributed by atoms with E-state index in [0.717, 1.165) is 0 Å². The molecule has 0 bridgehead atoms. The second kappa shape index (κ2) is 2.82. The van der Waals surface area contributed by atoms with Gasteiger partial charge >= 0.3 is 6.18 Å². The summed E-state index contributed by atoms with van der Waals surface area (Å²) >= 11 is 1.23. The highest BCUT2D eigenvalue weighted by Gasteiger charge is 2.32. The van der Waals surface area contributed by atoms with E-state index >= 15 is 0 Å². The van der Waals surface area contributed by atoms with Crippen LogP contribution < -0.4 is 0 Å². The summed E-state index contributed by atoms with van der Waals surface area (Å²) in [6, 6.07) is 0. The molecular weight excluding hydrogens is 163 g/mol. The summed E-state index contributed by atoms with van der Waals surface area (Å²) < 4.78 is 34.9. The predicted molar refractivity (Wildman–Crippen MR) is 35.4 cm³/mol. The summed E-state index contributed by atoms with van der Waals surface area (Å²) in [4.78, 5) is 3.64. The zero-order valence-corrected chi connectivity index (χ0v) is 5.87. The number of aliphatic imine (C=N–C) groups is 1. The minimum Gasteiger partial charge on any atom is -0.282 e. The molecule has 1 nitrogen and oxygen atoms in total. The Balaban J connectivity index is 2.31. The lowest BCUT2D eigenvalue weighted by molar-refractivity contribution is -0.133. The van der Waals surface area contributed by atoms with E-state index in [0.29, 0.717) is 5.75 Å². The van der Waals surface area contributed by atoms with Gasteiger partial charge in [0, 0.05) is 12.0 Å². The molecule has 0 aliphatic carbocycles. The Morgan fingerprint density at radius 2 is 2.30 bits per heavy atom. The van der Waals surface area contributed by atoms with Crippen LogP contribution in [-0.4, -0.2) is 23.5 Å². The molecule has 0 radical (unpaired) electrons. The molecule has 1 atom stereocenters. The number of alkyl halides is 3. The smallest absolute Gasteiger partial charge is 0.282 e. The fourth-order valence-electron chi connectivity index (χ4n) is 0.667. The van der Waals surface area contributed by atoms with Crippen molar-refractivity contribution in [1.29, 1.82) is 0 Å². The van der Waals surface area contributed by atoms with Gasteiger partial charge in [-0.2, -0.15) is 13.2 Å². The third kappa shape index (κ3) is 2.60. The molecule has 0 aromatic carbocycles. The van der Waals surface area contributed by atoms with E-state index < -0.39 is 18.0 Å². The number of hydrogen-bond acceptors (Lipinski definition) is 2. The van der Waals surface area contributed by atoms with Gasteiger partial charge in [-0.1, -0.05) is 0 Å². The summed E-state index contributed by atoms with van der Waals surface area (Å²) in [5.41, 5.74) is 0. The second-order valence-electron chi connectivity index (χ2n) is 1.94. The molecule has 0 N–H and O–H groups in total. The second-order valence-corrected chi connectivity index (χ2v) is 3.15. The van der Waals surface area contributed by atoms with Crippen molar-refractivity contribution in [2.24, 2.45) is 4.99 Å². The van der Waals surface area contributed by atoms with Crippen molar-refractivity contribution in [3.63, 3.8) is 0 Å². The van der Waals surface area contributed by atoms with Crippen LogP contribution in [0.4, 0.5) is 13.2 Å². The number of rotatable bonds is 1. The Morgan fingerprint density at radius 3 is 2.70 bits per heavy atom. The van der Waals surface area contributed by atoms with Crippen LogP contribution in [0, 0.1) is 0 Å². The maximum Gasteiger partial charge on any atom is 0.391 e. The van der Waals surface area contributed by atoms with E-state index in [1.54, 1.807) is 0 Å². The lowest BCUT2D eigenvalue weighted by atomic mass is 10.4. The molecule has 1 aliphatic heterocycles. The summed E-state index contributed by atoms with van der Waals surface area (Å²) in [7, 11) is 0. The molecule has 1 rings (SSSR count). The average molecular weight is 169 g/mol. The third-order valence-electron chi connectivity index (χ3n) is 1.04. The third-order valence-corrected chi connectivity index (χ3v) is 2.06. The average Bonchev–Trinajstić information content (AvgIpc) is 2.12. The zero-order chi connectivity index (χ0) is 7.61. The van der Waals surface area contributed by atoms with Gasteiger partial charge in [0.1, 0.15) is 5.37 Å². The molecular formula is C5H6F3NS. The highest BCUT2D eigenvalue weighted by Crippen LogP contribution is 2.30. The first kappa shape index (κ1) is 7.91. The highest BCUT2D eigenvalue weighted by atomic mass is 32.2. The summed E-state index contributed by atoms with van der Waals surface area (Å²) in [5.74, 6) is 0.612. The van der Waals surface area contributed by atoms with Crippen LogP contribution in [0.3, 0.4) is 0 Å². The van der Waals surface area contributed by atoms with Crippen LogP contribution in [0.1, 0.15) is 6.42 Å². The van der Waals surface area contributed by atoms with E-state index in [1.165, 1.54) is 18.0 Å². The molecule has 0 amide bonds. The van der Waals surface area contributed by atoms with Gasteiger partial charge in [0.25, 0.3) is 0 Å². The van der Waals surface area contributed by atoms with Crippen molar-refractivity contribution >= 4 is 18.0 Å². The van der Waals surface area contributed by atoms with E-state index in [-0.39, 0.29) is 0 Å². The number of thioether (sulfide) groups is 1. The first-order chi connectivity index (χ1) is 4.58. The molecule has 0 fully saturated rings. The van der Waals surface area contributed by atoms with Crippen molar-refractivity contribution in [3.8, 4) is 0 Å². The Kier molecular flexibility index (Phi) is 2.23. The van der Waals surface area contributed by atoms with Gasteiger partial charge in [0.15, 0.2) is 0 Å². The SMILES string of the molecule is FC(F)(F)CC1N=CCS1. The van der Waals surface area contributed by atoms with E-state index in [9.17, 15) is 13.2 Å². The normalized spacial score (nSPS) is 25.7. The van der Waals surface area contributed by atoms with Gasteiger partial charge in [-0.15, -0.1) is 11.8 Å². The highest BCUT2D eigenvalue weighted by molar-refractivity contribution is 8.00. The lowest BCUT2D eigenvalue weighted by Gasteiger charge is -2.08. The molecule has 0 aromatic rings. The van der Waals surface area contributed by atoms with Gasteiger partial charge in [-0.05, 0) is 0 Å². The maximum atomic E-state index is 11.6. The van der Waals surface area contributed by atoms with Crippen molar-refractivity contribution in [2.45, 2.75) is 18.0 Å². The predicted octanol–water partition coefficient (Wildman–Crippen LogP) is 2.08. The fraction of sp³-hybridized carbons (Fsp3) is 0.800. The first-order valence-corrected chi connectivity index (χ1v) is 3.83. The summed E-state index contributed by atoms with van der Waals surface area (Å²) in [6.07, 6.45) is -3.34. The Bertz CT molecular complexity index is 142. The lowest BCUT2D eigenvalue weighted by Crippen LogP contribution is -2.13. The van der Waals surface area contributed by atoms with Gasteiger partial charge < -0.3 is 0 Å². The molecule has 10 heavy (non-hydrogen) atoms. The van der Waals surface area contributed by atoms with Crippen molar-refractivity contribution in [1.82, 2.24) is 0 Å². The van der Waals surface area contributed by atoms with Crippen molar-refractivity contribution in [2.75, 3.05) is 5.75 Å². The van der Waals surface area contributed by atoms with Crippen LogP contribution in [0.5, 0.6) is 0 Å². The van der Waals surface area contributed by atoms with Gasteiger partial charge in [-0.25, -0.2) is 0 Å². The van der Waals surface area contributed by atoms with Gasteiger partial charge in [0.2, 0.25) is 0 Å². The largest absolute Gasteiger partial charge is 0.391 e. The zero-order valence-electron chi connectivity index (χ0n) is 5.06. The summed E-state index contributed by atoms with van der Waals surface area (Å²) in [5, 5.41) is -0.583. The van der Waals surface area contributed by atoms with Crippen LogP contribution in [0.2, 0.25) is 0 Å². The standard InChI is InChI=1S/C5H6F3NS/c6-5(7,8)3-4-9-1-2-10-4/h1,4H,2-3H2. The topological polar surface area (TPSA) is 12.4 Å². The molecule has 0 aromatic heterocycles. The Labute approximate surface area is 60.7 Å². The van der Waals surface area contributed by atoms with Crippen LogP contribution in [0.25, 0.3) is 0 Å². The van der Waals surface area contributed by atoms with Gasteiger partial charge in [-0.3, -0.25) is 4.99 Å². The molecule has 0 saturated heterocycles. The molecule has 1 aliphatic rings. The van der Waals surface area contributed by atoms with Crippen LogP contribution in [-0.2, 0) is 0 Å². The Hall–Kier alpha value is -0.190. The molecule has 0 spiro atoms. The van der Waals surface area contributed by atoms with Crippen LogP contribution >= 0.6 is 11.8 Å². The minimum absolute atomic E-state index is 0.583. The van der Waals surface area contributed by atoms with Crippen LogP contribution in [0.15, 0.2) is 4.99 Å². The quantitative estimate of drug-likeness (QED) is 0.585.